The van der Waals surface area contributed by atoms with Gasteiger partial charge in [-0.25, -0.2) is 0 Å². The third-order valence-electron chi connectivity index (χ3n) is 4.99. The molecule has 0 aromatic heterocycles. The highest BCUT2D eigenvalue weighted by Gasteiger charge is 2.51. The molecular weight excluding hydrogens is 282 g/mol. The van der Waals surface area contributed by atoms with Crippen molar-refractivity contribution in [3.8, 4) is 0 Å². The molecule has 22 heavy (non-hydrogen) atoms. The monoisotopic (exact) mass is 305 g/mol. The molecule has 2 saturated heterocycles. The minimum absolute atomic E-state index is 0.0326. The maximum Gasteiger partial charge on any atom is 0.225 e. The second-order valence-electron chi connectivity index (χ2n) is 6.41. The number of rotatable bonds is 4. The topological polar surface area (TPSA) is 59.0 Å². The predicted octanol–water partition coefficient (Wildman–Crippen LogP) is 1.65. The van der Waals surface area contributed by atoms with Crippen molar-refractivity contribution >= 4 is 5.91 Å². The number of aliphatic hydroxyl groups is 1. The number of ether oxygens (including phenoxy) is 2. The number of hydrogen-bond donors (Lipinski definition) is 1. The molecule has 0 bridgehead atoms. The molecule has 0 aliphatic carbocycles. The van der Waals surface area contributed by atoms with Crippen LogP contribution in [0.4, 0.5) is 0 Å². The van der Waals surface area contributed by atoms with Gasteiger partial charge in [0.15, 0.2) is 5.79 Å². The first-order valence-corrected chi connectivity index (χ1v) is 7.74. The molecule has 0 saturated carbocycles. The third-order valence-corrected chi connectivity index (χ3v) is 4.99. The summed E-state index contributed by atoms with van der Waals surface area (Å²) in [6.07, 6.45) is 0.752. The average molecular weight is 305 g/mol. The zero-order chi connectivity index (χ0) is 15.8. The molecule has 5 nitrogen and oxygen atoms in total. The predicted molar refractivity (Wildman–Crippen MR) is 81.1 cm³/mol. The normalized spacial score (nSPS) is 31.0. The molecule has 5 heteroatoms. The molecule has 3 rings (SSSR count). The fourth-order valence-electron chi connectivity index (χ4n) is 3.53. The number of benzene rings is 1. The van der Waals surface area contributed by atoms with Crippen molar-refractivity contribution in [2.75, 3.05) is 20.3 Å². The Hall–Kier alpha value is -1.43. The Morgan fingerprint density at radius 2 is 1.86 bits per heavy atom. The smallest absolute Gasteiger partial charge is 0.225 e. The van der Waals surface area contributed by atoms with Crippen molar-refractivity contribution < 1.29 is 19.4 Å². The van der Waals surface area contributed by atoms with Gasteiger partial charge in [-0.15, -0.1) is 0 Å². The second kappa shape index (κ2) is 5.65. The standard InChI is InChI=1S/C17H23NO4/c1-16(21-10-11-22-16)8-9-17(13-6-4-3-5-7-13)12-14(19)18(2)15(17)20/h3-7,15,20H,8-12H2,1-2H3. The average Bonchev–Trinajstić information content (AvgIpc) is 3.05. The number of carbonyl (C=O) groups is 1. The molecule has 2 heterocycles. The first-order chi connectivity index (χ1) is 10.5. The van der Waals surface area contributed by atoms with Gasteiger partial charge in [0.1, 0.15) is 6.23 Å². The van der Waals surface area contributed by atoms with E-state index < -0.39 is 17.4 Å². The molecule has 1 N–H and O–H groups in total. The van der Waals surface area contributed by atoms with Gasteiger partial charge in [0, 0.05) is 25.3 Å². The Kier molecular flexibility index (Phi) is 3.97. The number of carbonyl (C=O) groups excluding carboxylic acids is 1. The quantitative estimate of drug-likeness (QED) is 0.919. The van der Waals surface area contributed by atoms with E-state index in [9.17, 15) is 9.90 Å². The van der Waals surface area contributed by atoms with Crippen LogP contribution in [0.1, 0.15) is 31.7 Å². The van der Waals surface area contributed by atoms with Crippen molar-refractivity contribution in [2.45, 2.75) is 43.6 Å². The van der Waals surface area contributed by atoms with Crippen molar-refractivity contribution in [1.82, 2.24) is 4.90 Å². The number of amides is 1. The number of aliphatic hydroxyl groups excluding tert-OH is 1. The summed E-state index contributed by atoms with van der Waals surface area (Å²) in [5.41, 5.74) is 0.382. The van der Waals surface area contributed by atoms with E-state index >= 15 is 0 Å². The SMILES string of the molecule is CN1C(=O)CC(CCC2(C)OCCO2)(c2ccccc2)C1O. The third kappa shape index (κ3) is 2.53. The van der Waals surface area contributed by atoms with Crippen molar-refractivity contribution in [2.24, 2.45) is 0 Å². The molecule has 1 aromatic rings. The Labute approximate surface area is 130 Å². The van der Waals surface area contributed by atoms with Gasteiger partial charge in [-0.2, -0.15) is 0 Å². The minimum Gasteiger partial charge on any atom is -0.373 e. The molecule has 2 aliphatic rings. The molecular formula is C17H23NO4. The van der Waals surface area contributed by atoms with Crippen LogP contribution in [0.3, 0.4) is 0 Å². The molecule has 2 unspecified atom stereocenters. The first kappa shape index (κ1) is 15.5. The zero-order valence-corrected chi connectivity index (χ0v) is 13.1. The number of likely N-dealkylation sites (N-methyl/N-ethyl adjacent to an activating group) is 1. The fourth-order valence-corrected chi connectivity index (χ4v) is 3.53. The fraction of sp³-hybridized carbons (Fsp3) is 0.588. The number of likely N-dealkylation sites (tertiary alicyclic amines) is 1. The Morgan fingerprint density at radius 1 is 1.23 bits per heavy atom. The van der Waals surface area contributed by atoms with Crippen LogP contribution in [0.15, 0.2) is 30.3 Å². The highest BCUT2D eigenvalue weighted by Crippen LogP contribution is 2.44. The van der Waals surface area contributed by atoms with E-state index in [0.717, 1.165) is 5.56 Å². The summed E-state index contributed by atoms with van der Waals surface area (Å²) < 4.78 is 11.3. The van der Waals surface area contributed by atoms with Crippen LogP contribution >= 0.6 is 0 Å². The summed E-state index contributed by atoms with van der Waals surface area (Å²) in [6, 6.07) is 9.78. The first-order valence-electron chi connectivity index (χ1n) is 7.74. The summed E-state index contributed by atoms with van der Waals surface area (Å²) in [5, 5.41) is 10.7. The van der Waals surface area contributed by atoms with E-state index in [1.807, 2.05) is 37.3 Å². The lowest BCUT2D eigenvalue weighted by Gasteiger charge is -2.36. The highest BCUT2D eigenvalue weighted by molar-refractivity contribution is 5.81. The molecule has 2 aliphatic heterocycles. The van der Waals surface area contributed by atoms with Gasteiger partial charge in [-0.1, -0.05) is 30.3 Å². The van der Waals surface area contributed by atoms with Gasteiger partial charge >= 0.3 is 0 Å². The molecule has 1 amide bonds. The van der Waals surface area contributed by atoms with Crippen LogP contribution in [-0.4, -0.2) is 48.2 Å². The summed E-state index contributed by atoms with van der Waals surface area (Å²) in [4.78, 5) is 13.6. The van der Waals surface area contributed by atoms with E-state index in [4.69, 9.17) is 9.47 Å². The highest BCUT2D eigenvalue weighted by atomic mass is 16.7. The van der Waals surface area contributed by atoms with Gasteiger partial charge in [0.05, 0.1) is 13.2 Å². The zero-order valence-electron chi connectivity index (χ0n) is 13.1. The van der Waals surface area contributed by atoms with Gasteiger partial charge in [-0.3, -0.25) is 4.79 Å². The second-order valence-corrected chi connectivity index (χ2v) is 6.41. The molecule has 2 fully saturated rings. The van der Waals surface area contributed by atoms with E-state index in [1.54, 1.807) is 7.05 Å². The van der Waals surface area contributed by atoms with Crippen LogP contribution in [-0.2, 0) is 19.7 Å². The van der Waals surface area contributed by atoms with Crippen LogP contribution < -0.4 is 0 Å². The van der Waals surface area contributed by atoms with Crippen molar-refractivity contribution in [3.05, 3.63) is 35.9 Å². The summed E-state index contributed by atoms with van der Waals surface area (Å²) >= 11 is 0. The van der Waals surface area contributed by atoms with Gasteiger partial charge in [-0.05, 0) is 18.9 Å². The van der Waals surface area contributed by atoms with E-state index in [0.29, 0.717) is 32.5 Å². The molecule has 1 aromatic carbocycles. The van der Waals surface area contributed by atoms with Crippen LogP contribution in [0.25, 0.3) is 0 Å². The van der Waals surface area contributed by atoms with Crippen LogP contribution in [0, 0.1) is 0 Å². The van der Waals surface area contributed by atoms with Crippen LogP contribution in [0.5, 0.6) is 0 Å². The Morgan fingerprint density at radius 3 is 2.41 bits per heavy atom. The summed E-state index contributed by atoms with van der Waals surface area (Å²) in [6.45, 7) is 3.11. The number of nitrogens with zero attached hydrogens (tertiary/aromatic N) is 1. The van der Waals surface area contributed by atoms with Gasteiger partial charge in [0.2, 0.25) is 5.91 Å². The maximum absolute atomic E-state index is 12.2. The molecule has 0 spiro atoms. The van der Waals surface area contributed by atoms with Gasteiger partial charge in [0.25, 0.3) is 0 Å². The van der Waals surface area contributed by atoms with Crippen molar-refractivity contribution in [3.63, 3.8) is 0 Å². The Bertz CT molecular complexity index is 541. The van der Waals surface area contributed by atoms with Gasteiger partial charge < -0.3 is 19.5 Å². The largest absolute Gasteiger partial charge is 0.373 e. The van der Waals surface area contributed by atoms with E-state index in [2.05, 4.69) is 0 Å². The molecule has 2 atom stereocenters. The lowest BCUT2D eigenvalue weighted by Crippen LogP contribution is -2.43. The van der Waals surface area contributed by atoms with Crippen molar-refractivity contribution in [1.29, 1.82) is 0 Å². The van der Waals surface area contributed by atoms with E-state index in [-0.39, 0.29) is 5.91 Å². The minimum atomic E-state index is -0.826. The molecule has 120 valence electrons. The molecule has 0 radical (unpaired) electrons. The number of hydrogen-bond acceptors (Lipinski definition) is 4. The van der Waals surface area contributed by atoms with E-state index in [1.165, 1.54) is 4.90 Å². The Balaban J connectivity index is 1.89. The summed E-state index contributed by atoms with van der Waals surface area (Å²) in [7, 11) is 1.65. The lowest BCUT2D eigenvalue weighted by molar-refractivity contribution is -0.152. The maximum atomic E-state index is 12.2. The summed E-state index contributed by atoms with van der Waals surface area (Å²) in [5.74, 6) is -0.652. The van der Waals surface area contributed by atoms with Crippen LogP contribution in [0.2, 0.25) is 0 Å². The lowest BCUT2D eigenvalue weighted by atomic mass is 9.73.